The SMILES string of the molecule is CC(=O)NCCNc1cc(N2CCN(C(=O)c3cc(C=O)ccc3O)CC2)nc(-c2ccc(Cl)cc2)n1. The minimum atomic E-state index is -0.328. The third kappa shape index (κ3) is 6.53. The zero-order chi connectivity index (χ0) is 26.4. The summed E-state index contributed by atoms with van der Waals surface area (Å²) in [4.78, 5) is 48.4. The van der Waals surface area contributed by atoms with E-state index >= 15 is 0 Å². The van der Waals surface area contributed by atoms with Crippen LogP contribution in [0.2, 0.25) is 5.02 Å². The van der Waals surface area contributed by atoms with E-state index in [0.29, 0.717) is 73.6 Å². The Morgan fingerprint density at radius 2 is 1.76 bits per heavy atom. The summed E-state index contributed by atoms with van der Waals surface area (Å²) in [5.41, 5.74) is 1.24. The summed E-state index contributed by atoms with van der Waals surface area (Å²) in [7, 11) is 0. The van der Waals surface area contributed by atoms with Crippen molar-refractivity contribution in [1.29, 1.82) is 0 Å². The second-order valence-corrected chi connectivity index (χ2v) is 8.96. The average Bonchev–Trinajstić information content (AvgIpc) is 2.91. The van der Waals surface area contributed by atoms with Gasteiger partial charge in [0.15, 0.2) is 5.82 Å². The molecule has 3 aromatic rings. The molecule has 37 heavy (non-hydrogen) atoms. The quantitative estimate of drug-likeness (QED) is 0.304. The number of phenolic OH excluding ortho intramolecular Hbond substituents is 1. The molecule has 4 rings (SSSR count). The van der Waals surface area contributed by atoms with Crippen molar-refractivity contribution in [2.45, 2.75) is 6.92 Å². The van der Waals surface area contributed by atoms with E-state index in [4.69, 9.17) is 16.6 Å². The lowest BCUT2D eigenvalue weighted by Crippen LogP contribution is -2.49. The number of benzene rings is 2. The predicted octanol–water partition coefficient (Wildman–Crippen LogP) is 2.83. The second-order valence-electron chi connectivity index (χ2n) is 8.53. The Kier molecular flexibility index (Phi) is 8.19. The van der Waals surface area contributed by atoms with E-state index in [1.54, 1.807) is 17.0 Å². The smallest absolute Gasteiger partial charge is 0.257 e. The fraction of sp³-hybridized carbons (Fsp3) is 0.269. The standard InChI is InChI=1S/C26H27ClN6O4/c1-17(35)28-8-9-29-23-15-24(31-25(30-23)19-3-5-20(27)6-4-19)32-10-12-33(13-11-32)26(37)21-14-18(16-34)2-7-22(21)36/h2-7,14-16,36H,8-13H2,1H3,(H,28,35)(H,29,30,31). The van der Waals surface area contributed by atoms with Gasteiger partial charge in [0, 0.05) is 68.4 Å². The Balaban J connectivity index is 1.51. The number of carbonyl (C=O) groups excluding carboxylic acids is 3. The molecule has 0 bridgehead atoms. The molecule has 0 unspecified atom stereocenters. The fourth-order valence-corrected chi connectivity index (χ4v) is 4.08. The van der Waals surface area contributed by atoms with Gasteiger partial charge in [0.2, 0.25) is 5.91 Å². The van der Waals surface area contributed by atoms with Gasteiger partial charge in [-0.1, -0.05) is 11.6 Å². The molecule has 2 heterocycles. The maximum absolute atomic E-state index is 13.0. The van der Waals surface area contributed by atoms with E-state index < -0.39 is 0 Å². The Morgan fingerprint density at radius 1 is 1.03 bits per heavy atom. The predicted molar refractivity (Wildman–Crippen MR) is 141 cm³/mol. The number of hydrogen-bond acceptors (Lipinski definition) is 8. The summed E-state index contributed by atoms with van der Waals surface area (Å²) in [6, 6.07) is 13.3. The highest BCUT2D eigenvalue weighted by Gasteiger charge is 2.25. The number of aldehydes is 1. The zero-order valence-electron chi connectivity index (χ0n) is 20.3. The molecule has 11 heteroatoms. The van der Waals surface area contributed by atoms with E-state index in [1.807, 2.05) is 18.2 Å². The van der Waals surface area contributed by atoms with Crippen LogP contribution in [-0.4, -0.2) is 77.3 Å². The average molecular weight is 523 g/mol. The maximum atomic E-state index is 13.0. The first-order chi connectivity index (χ1) is 17.8. The van der Waals surface area contributed by atoms with E-state index in [-0.39, 0.29) is 23.1 Å². The first-order valence-corrected chi connectivity index (χ1v) is 12.2. The van der Waals surface area contributed by atoms with Gasteiger partial charge in [0.05, 0.1) is 5.56 Å². The number of anilines is 2. The molecular weight excluding hydrogens is 496 g/mol. The molecule has 0 aliphatic carbocycles. The molecule has 1 saturated heterocycles. The number of rotatable bonds is 8. The van der Waals surface area contributed by atoms with Crippen molar-refractivity contribution < 1.29 is 19.5 Å². The van der Waals surface area contributed by atoms with Crippen LogP contribution in [-0.2, 0) is 4.79 Å². The van der Waals surface area contributed by atoms with Crippen LogP contribution in [0, 0.1) is 0 Å². The highest BCUT2D eigenvalue weighted by atomic mass is 35.5. The van der Waals surface area contributed by atoms with Crippen LogP contribution >= 0.6 is 11.6 Å². The molecule has 0 radical (unpaired) electrons. The topological polar surface area (TPSA) is 128 Å². The normalized spacial score (nSPS) is 13.2. The van der Waals surface area contributed by atoms with Crippen molar-refractivity contribution in [2.75, 3.05) is 49.5 Å². The molecule has 1 aliphatic rings. The number of aromatic hydroxyl groups is 1. The monoisotopic (exact) mass is 522 g/mol. The molecule has 1 aliphatic heterocycles. The Bertz CT molecular complexity index is 1290. The molecule has 10 nitrogen and oxygen atoms in total. The van der Waals surface area contributed by atoms with Crippen LogP contribution in [0.15, 0.2) is 48.5 Å². The number of nitrogens with one attached hydrogen (secondary N) is 2. The lowest BCUT2D eigenvalue weighted by atomic mass is 10.1. The van der Waals surface area contributed by atoms with Gasteiger partial charge in [-0.25, -0.2) is 9.97 Å². The van der Waals surface area contributed by atoms with E-state index in [0.717, 1.165) is 5.56 Å². The molecule has 1 fully saturated rings. The van der Waals surface area contributed by atoms with Crippen LogP contribution in [0.4, 0.5) is 11.6 Å². The first-order valence-electron chi connectivity index (χ1n) is 11.8. The van der Waals surface area contributed by atoms with Gasteiger partial charge in [-0.3, -0.25) is 14.4 Å². The Labute approximate surface area is 219 Å². The largest absolute Gasteiger partial charge is 0.507 e. The highest BCUT2D eigenvalue weighted by Crippen LogP contribution is 2.26. The molecule has 3 N–H and O–H groups in total. The van der Waals surface area contributed by atoms with Crippen LogP contribution < -0.4 is 15.5 Å². The van der Waals surface area contributed by atoms with Crippen molar-refractivity contribution in [2.24, 2.45) is 0 Å². The molecule has 2 amide bonds. The first kappa shape index (κ1) is 25.9. The number of halogens is 1. The molecule has 0 atom stereocenters. The minimum absolute atomic E-state index is 0.106. The number of piperazine rings is 1. The molecule has 1 aromatic heterocycles. The Morgan fingerprint density at radius 3 is 2.43 bits per heavy atom. The van der Waals surface area contributed by atoms with Crippen LogP contribution in [0.5, 0.6) is 5.75 Å². The number of nitrogens with zero attached hydrogens (tertiary/aromatic N) is 4. The maximum Gasteiger partial charge on any atom is 0.257 e. The van der Waals surface area contributed by atoms with Gasteiger partial charge in [-0.15, -0.1) is 0 Å². The lowest BCUT2D eigenvalue weighted by Gasteiger charge is -2.35. The van der Waals surface area contributed by atoms with Crippen molar-refractivity contribution in [3.63, 3.8) is 0 Å². The zero-order valence-corrected chi connectivity index (χ0v) is 21.0. The Hall–Kier alpha value is -4.18. The van der Waals surface area contributed by atoms with E-state index in [2.05, 4.69) is 20.5 Å². The van der Waals surface area contributed by atoms with Gasteiger partial charge < -0.3 is 25.5 Å². The molecular formula is C26H27ClN6O4. The second kappa shape index (κ2) is 11.7. The summed E-state index contributed by atoms with van der Waals surface area (Å²) in [5, 5.41) is 16.7. The lowest BCUT2D eigenvalue weighted by molar-refractivity contribution is -0.118. The third-order valence-corrected chi connectivity index (χ3v) is 6.15. The number of aromatic nitrogens is 2. The van der Waals surface area contributed by atoms with Gasteiger partial charge in [-0.2, -0.15) is 0 Å². The summed E-state index contributed by atoms with van der Waals surface area (Å²) in [6.07, 6.45) is 0.642. The summed E-state index contributed by atoms with van der Waals surface area (Å²) >= 11 is 6.04. The number of carbonyl (C=O) groups is 3. The van der Waals surface area contributed by atoms with Gasteiger partial charge >= 0.3 is 0 Å². The molecule has 0 saturated carbocycles. The number of hydrogen-bond donors (Lipinski definition) is 3. The molecule has 2 aromatic carbocycles. The van der Waals surface area contributed by atoms with Crippen molar-refractivity contribution >= 4 is 41.3 Å². The number of amides is 2. The van der Waals surface area contributed by atoms with Crippen LogP contribution in [0.1, 0.15) is 27.6 Å². The van der Waals surface area contributed by atoms with E-state index in [1.165, 1.54) is 25.1 Å². The summed E-state index contributed by atoms with van der Waals surface area (Å²) < 4.78 is 0. The highest BCUT2D eigenvalue weighted by molar-refractivity contribution is 6.30. The van der Waals surface area contributed by atoms with Gasteiger partial charge in [0.25, 0.3) is 5.91 Å². The van der Waals surface area contributed by atoms with Gasteiger partial charge in [0.1, 0.15) is 23.7 Å². The molecule has 192 valence electrons. The summed E-state index contributed by atoms with van der Waals surface area (Å²) in [6.45, 7) is 4.26. The van der Waals surface area contributed by atoms with Crippen molar-refractivity contribution in [3.8, 4) is 17.1 Å². The fourth-order valence-electron chi connectivity index (χ4n) is 3.95. The van der Waals surface area contributed by atoms with Crippen molar-refractivity contribution in [1.82, 2.24) is 20.2 Å². The van der Waals surface area contributed by atoms with E-state index in [9.17, 15) is 19.5 Å². The van der Waals surface area contributed by atoms with Crippen LogP contribution in [0.25, 0.3) is 11.4 Å². The number of phenols is 1. The van der Waals surface area contributed by atoms with Crippen LogP contribution in [0.3, 0.4) is 0 Å². The minimum Gasteiger partial charge on any atom is -0.507 e. The van der Waals surface area contributed by atoms with Crippen molar-refractivity contribution in [3.05, 3.63) is 64.7 Å². The molecule has 0 spiro atoms. The third-order valence-electron chi connectivity index (χ3n) is 5.90. The van der Waals surface area contributed by atoms with Gasteiger partial charge in [-0.05, 0) is 42.5 Å². The summed E-state index contributed by atoms with van der Waals surface area (Å²) in [5.74, 6) is 1.23.